The summed E-state index contributed by atoms with van der Waals surface area (Å²) in [6, 6.07) is 6.57. The van der Waals surface area contributed by atoms with E-state index in [9.17, 15) is 14.7 Å². The zero-order valence-electron chi connectivity index (χ0n) is 10.4. The zero-order valence-corrected chi connectivity index (χ0v) is 10.4. The molecule has 0 unspecified atom stereocenters. The lowest BCUT2D eigenvalue weighted by molar-refractivity contribution is -0.148. The van der Waals surface area contributed by atoms with Crippen LogP contribution < -0.4 is 11.1 Å². The van der Waals surface area contributed by atoms with E-state index in [1.807, 2.05) is 0 Å². The number of hydrogen-bond donors (Lipinski definition) is 3. The van der Waals surface area contributed by atoms with Gasteiger partial charge in [0.1, 0.15) is 5.54 Å². The highest BCUT2D eigenvalue weighted by Crippen LogP contribution is 2.22. The number of carbonyl (C=O) groups is 2. The molecule has 1 fully saturated rings. The second kappa shape index (κ2) is 5.27. The lowest BCUT2D eigenvalue weighted by Crippen LogP contribution is -2.57. The summed E-state index contributed by atoms with van der Waals surface area (Å²) < 4.78 is 5.15. The maximum Gasteiger partial charge on any atom is 0.329 e. The first-order valence-electron chi connectivity index (χ1n) is 6.03. The molecule has 102 valence electrons. The summed E-state index contributed by atoms with van der Waals surface area (Å²) in [6.45, 7) is 0.633. The van der Waals surface area contributed by atoms with Gasteiger partial charge in [0.2, 0.25) is 0 Å². The van der Waals surface area contributed by atoms with E-state index in [-0.39, 0.29) is 18.4 Å². The monoisotopic (exact) mass is 264 g/mol. The summed E-state index contributed by atoms with van der Waals surface area (Å²) in [6.07, 6.45) is 0.502. The molecule has 1 aromatic carbocycles. The van der Waals surface area contributed by atoms with Crippen LogP contribution >= 0.6 is 0 Å². The molecule has 0 radical (unpaired) electrons. The number of nitrogen functional groups attached to an aromatic ring is 1. The molecule has 0 atom stereocenters. The van der Waals surface area contributed by atoms with Crippen molar-refractivity contribution in [2.75, 3.05) is 18.9 Å². The lowest BCUT2D eigenvalue weighted by atomic mass is 9.89. The van der Waals surface area contributed by atoms with Crippen molar-refractivity contribution in [2.24, 2.45) is 0 Å². The third kappa shape index (κ3) is 2.68. The van der Waals surface area contributed by atoms with Crippen molar-refractivity contribution in [2.45, 2.75) is 18.4 Å². The van der Waals surface area contributed by atoms with Gasteiger partial charge < -0.3 is 20.9 Å². The van der Waals surface area contributed by atoms with E-state index < -0.39 is 17.4 Å². The van der Waals surface area contributed by atoms with Crippen LogP contribution in [0, 0.1) is 0 Å². The molecule has 1 saturated heterocycles. The Bertz CT molecular complexity index is 495. The maximum atomic E-state index is 12.1. The molecule has 6 heteroatoms. The van der Waals surface area contributed by atoms with Crippen LogP contribution in [-0.2, 0) is 9.53 Å². The van der Waals surface area contributed by atoms with E-state index in [4.69, 9.17) is 10.5 Å². The summed E-state index contributed by atoms with van der Waals surface area (Å²) in [4.78, 5) is 23.6. The quantitative estimate of drug-likeness (QED) is 0.695. The molecular weight excluding hydrogens is 248 g/mol. The Balaban J connectivity index is 2.20. The Morgan fingerprint density at radius 2 is 1.89 bits per heavy atom. The van der Waals surface area contributed by atoms with Crippen LogP contribution in [0.5, 0.6) is 0 Å². The molecule has 0 spiro atoms. The van der Waals surface area contributed by atoms with Gasteiger partial charge >= 0.3 is 5.97 Å². The first-order chi connectivity index (χ1) is 9.05. The number of aliphatic carboxylic acids is 1. The van der Waals surface area contributed by atoms with Crippen molar-refractivity contribution in [1.82, 2.24) is 5.32 Å². The number of carboxylic acids is 1. The van der Waals surface area contributed by atoms with Gasteiger partial charge in [0, 0.05) is 31.7 Å². The Morgan fingerprint density at radius 1 is 1.26 bits per heavy atom. The Hall–Kier alpha value is -2.08. The molecule has 1 aliphatic rings. The first kappa shape index (κ1) is 13.4. The van der Waals surface area contributed by atoms with Gasteiger partial charge in [-0.2, -0.15) is 0 Å². The van der Waals surface area contributed by atoms with Gasteiger partial charge in [-0.3, -0.25) is 4.79 Å². The number of anilines is 1. The Kier molecular flexibility index (Phi) is 3.71. The molecule has 0 aromatic heterocycles. The van der Waals surface area contributed by atoms with Gasteiger partial charge in [-0.25, -0.2) is 4.79 Å². The fourth-order valence-corrected chi connectivity index (χ4v) is 2.10. The third-order valence-corrected chi connectivity index (χ3v) is 3.31. The second-order valence-electron chi connectivity index (χ2n) is 4.54. The molecule has 1 aliphatic heterocycles. The van der Waals surface area contributed by atoms with Crippen LogP contribution in [0.25, 0.3) is 0 Å². The molecule has 0 bridgehead atoms. The van der Waals surface area contributed by atoms with Gasteiger partial charge in [0.05, 0.1) is 5.56 Å². The van der Waals surface area contributed by atoms with E-state index in [1.165, 1.54) is 0 Å². The number of para-hydroxylation sites is 1. The van der Waals surface area contributed by atoms with Crippen LogP contribution in [-0.4, -0.2) is 35.7 Å². The van der Waals surface area contributed by atoms with Gasteiger partial charge in [0.15, 0.2) is 0 Å². The summed E-state index contributed by atoms with van der Waals surface area (Å²) >= 11 is 0. The molecule has 19 heavy (non-hydrogen) atoms. The highest BCUT2D eigenvalue weighted by Gasteiger charge is 2.41. The fraction of sp³-hybridized carbons (Fsp3) is 0.385. The number of carboxylic acid groups (broad SMARTS) is 1. The highest BCUT2D eigenvalue weighted by atomic mass is 16.5. The van der Waals surface area contributed by atoms with Gasteiger partial charge in [-0.1, -0.05) is 12.1 Å². The van der Waals surface area contributed by atoms with E-state index in [0.717, 1.165) is 0 Å². The lowest BCUT2D eigenvalue weighted by Gasteiger charge is -2.33. The van der Waals surface area contributed by atoms with Crippen molar-refractivity contribution >= 4 is 17.6 Å². The summed E-state index contributed by atoms with van der Waals surface area (Å²) in [5.74, 6) is -1.51. The number of amides is 1. The number of carbonyl (C=O) groups excluding carboxylic acids is 1. The number of hydrogen-bond acceptors (Lipinski definition) is 4. The van der Waals surface area contributed by atoms with Gasteiger partial charge in [0.25, 0.3) is 5.91 Å². The molecule has 4 N–H and O–H groups in total. The standard InChI is InChI=1S/C13H16N2O4/c14-10-4-2-1-3-9(10)11(16)15-13(12(17)18)5-7-19-8-6-13/h1-4H,5-8,14H2,(H,15,16)(H,17,18). The second-order valence-corrected chi connectivity index (χ2v) is 4.54. The number of nitrogens with two attached hydrogens (primary N) is 1. The van der Waals surface area contributed by atoms with Gasteiger partial charge in [-0.15, -0.1) is 0 Å². The average Bonchev–Trinajstić information content (AvgIpc) is 2.40. The molecule has 2 rings (SSSR count). The summed E-state index contributed by atoms with van der Waals surface area (Å²) in [7, 11) is 0. The van der Waals surface area contributed by atoms with Crippen molar-refractivity contribution in [3.8, 4) is 0 Å². The van der Waals surface area contributed by atoms with Crippen molar-refractivity contribution in [3.63, 3.8) is 0 Å². The Labute approximate surface area is 110 Å². The normalized spacial score (nSPS) is 17.7. The molecular formula is C13H16N2O4. The van der Waals surface area contributed by atoms with Crippen LogP contribution in [0.15, 0.2) is 24.3 Å². The predicted molar refractivity (Wildman–Crippen MR) is 68.7 cm³/mol. The van der Waals surface area contributed by atoms with E-state index in [0.29, 0.717) is 18.9 Å². The predicted octanol–water partition coefficient (Wildman–Crippen LogP) is 0.632. The fourth-order valence-electron chi connectivity index (χ4n) is 2.10. The molecule has 1 aromatic rings. The largest absolute Gasteiger partial charge is 0.480 e. The number of ether oxygens (including phenoxy) is 1. The SMILES string of the molecule is Nc1ccccc1C(=O)NC1(C(=O)O)CCOCC1. The highest BCUT2D eigenvalue weighted by molar-refractivity contribution is 6.01. The summed E-state index contributed by atoms with van der Waals surface area (Å²) in [5.41, 5.74) is 5.06. The maximum absolute atomic E-state index is 12.1. The van der Waals surface area contributed by atoms with Crippen molar-refractivity contribution < 1.29 is 19.4 Å². The minimum atomic E-state index is -1.27. The molecule has 1 heterocycles. The number of benzene rings is 1. The minimum absolute atomic E-state index is 0.251. The third-order valence-electron chi connectivity index (χ3n) is 3.31. The number of rotatable bonds is 3. The smallest absolute Gasteiger partial charge is 0.329 e. The topological polar surface area (TPSA) is 102 Å². The Morgan fingerprint density at radius 3 is 2.47 bits per heavy atom. The zero-order chi connectivity index (χ0) is 13.9. The van der Waals surface area contributed by atoms with Crippen molar-refractivity contribution in [3.05, 3.63) is 29.8 Å². The molecule has 0 saturated carbocycles. The minimum Gasteiger partial charge on any atom is -0.480 e. The average molecular weight is 264 g/mol. The first-order valence-corrected chi connectivity index (χ1v) is 6.03. The van der Waals surface area contributed by atoms with Gasteiger partial charge in [-0.05, 0) is 12.1 Å². The van der Waals surface area contributed by atoms with E-state index >= 15 is 0 Å². The molecule has 0 aliphatic carbocycles. The number of nitrogens with one attached hydrogen (secondary N) is 1. The van der Waals surface area contributed by atoms with Crippen LogP contribution in [0.1, 0.15) is 23.2 Å². The molecule has 1 amide bonds. The van der Waals surface area contributed by atoms with Crippen LogP contribution in [0.4, 0.5) is 5.69 Å². The summed E-state index contributed by atoms with van der Waals surface area (Å²) in [5, 5.41) is 11.9. The molecule has 6 nitrogen and oxygen atoms in total. The van der Waals surface area contributed by atoms with Crippen LogP contribution in [0.2, 0.25) is 0 Å². The van der Waals surface area contributed by atoms with E-state index in [2.05, 4.69) is 5.32 Å². The van der Waals surface area contributed by atoms with E-state index in [1.54, 1.807) is 24.3 Å². The van der Waals surface area contributed by atoms with Crippen LogP contribution in [0.3, 0.4) is 0 Å². The van der Waals surface area contributed by atoms with Crippen molar-refractivity contribution in [1.29, 1.82) is 0 Å².